The Morgan fingerprint density at radius 3 is 2.08 bits per heavy atom. The minimum atomic E-state index is -0.436. The van der Waals surface area contributed by atoms with Crippen molar-refractivity contribution in [2.24, 2.45) is 14.1 Å². The number of anilines is 1. The van der Waals surface area contributed by atoms with Crippen LogP contribution in [0.4, 0.5) is 5.95 Å². The molecule has 0 aliphatic carbocycles. The van der Waals surface area contributed by atoms with Gasteiger partial charge >= 0.3 is 5.69 Å². The van der Waals surface area contributed by atoms with Gasteiger partial charge in [-0.05, 0) is 17.7 Å². The second-order valence-corrected chi connectivity index (χ2v) is 9.55. The third-order valence-electron chi connectivity index (χ3n) is 7.27. The van der Waals surface area contributed by atoms with E-state index in [2.05, 4.69) is 0 Å². The van der Waals surface area contributed by atoms with E-state index in [-0.39, 0.29) is 5.91 Å². The molecule has 0 atom stereocenters. The van der Waals surface area contributed by atoms with Crippen molar-refractivity contribution in [3.63, 3.8) is 0 Å². The maximum Gasteiger partial charge on any atom is 0.332 e. The van der Waals surface area contributed by atoms with E-state index in [0.717, 1.165) is 10.1 Å². The van der Waals surface area contributed by atoms with Crippen molar-refractivity contribution >= 4 is 23.0 Å². The molecule has 3 heterocycles. The lowest BCUT2D eigenvalue weighted by atomic mass is 10.1. The molecule has 1 aliphatic heterocycles. The molecule has 12 nitrogen and oxygen atoms in total. The number of carbonyl (C=O) groups is 1. The number of hydrogen-bond donors (Lipinski definition) is 0. The summed E-state index contributed by atoms with van der Waals surface area (Å²) in [6.45, 7) is 2.25. The van der Waals surface area contributed by atoms with Crippen LogP contribution in [0.25, 0.3) is 11.2 Å². The minimum absolute atomic E-state index is 0.159. The lowest BCUT2D eigenvalue weighted by Crippen LogP contribution is -2.49. The van der Waals surface area contributed by atoms with Gasteiger partial charge in [-0.25, -0.2) is 4.79 Å². The average Bonchev–Trinajstić information content (AvgIpc) is 3.37. The van der Waals surface area contributed by atoms with Gasteiger partial charge in [-0.15, -0.1) is 0 Å². The van der Waals surface area contributed by atoms with Crippen LogP contribution in [0.1, 0.15) is 15.9 Å². The molecule has 0 unspecified atom stereocenters. The molecule has 2 aromatic heterocycles. The average molecular weight is 549 g/mol. The van der Waals surface area contributed by atoms with Gasteiger partial charge in [0.15, 0.2) is 22.7 Å². The number of ether oxygens (including phenoxy) is 3. The monoisotopic (exact) mass is 548 g/mol. The summed E-state index contributed by atoms with van der Waals surface area (Å²) in [5.74, 6) is 1.66. The van der Waals surface area contributed by atoms with Gasteiger partial charge in [-0.1, -0.05) is 30.3 Å². The first-order valence-corrected chi connectivity index (χ1v) is 12.8. The zero-order valence-corrected chi connectivity index (χ0v) is 23.2. The molecule has 0 saturated carbocycles. The zero-order valence-electron chi connectivity index (χ0n) is 23.2. The van der Waals surface area contributed by atoms with Gasteiger partial charge in [-0.2, -0.15) is 4.98 Å². The van der Waals surface area contributed by atoms with E-state index in [0.29, 0.717) is 72.6 Å². The lowest BCUT2D eigenvalue weighted by Gasteiger charge is -2.35. The van der Waals surface area contributed by atoms with Crippen molar-refractivity contribution in [1.29, 1.82) is 0 Å². The Kier molecular flexibility index (Phi) is 7.24. The molecule has 1 aliphatic rings. The first-order valence-electron chi connectivity index (χ1n) is 12.8. The van der Waals surface area contributed by atoms with Crippen LogP contribution in [0.3, 0.4) is 0 Å². The number of aromatic nitrogens is 4. The minimum Gasteiger partial charge on any atom is -0.493 e. The number of imidazole rings is 1. The third kappa shape index (κ3) is 4.55. The van der Waals surface area contributed by atoms with E-state index in [9.17, 15) is 14.4 Å². The summed E-state index contributed by atoms with van der Waals surface area (Å²) >= 11 is 0. The molecule has 0 spiro atoms. The van der Waals surface area contributed by atoms with Crippen molar-refractivity contribution in [2.45, 2.75) is 6.54 Å². The van der Waals surface area contributed by atoms with E-state index in [1.54, 1.807) is 24.1 Å². The van der Waals surface area contributed by atoms with E-state index in [1.165, 1.54) is 32.9 Å². The summed E-state index contributed by atoms with van der Waals surface area (Å²) in [4.78, 5) is 47.9. The van der Waals surface area contributed by atoms with Gasteiger partial charge in [0, 0.05) is 45.8 Å². The van der Waals surface area contributed by atoms with Crippen LogP contribution in [0, 0.1) is 0 Å². The molecular formula is C28H32N6O6. The maximum absolute atomic E-state index is 13.4. The van der Waals surface area contributed by atoms with Crippen molar-refractivity contribution < 1.29 is 19.0 Å². The molecule has 0 radical (unpaired) electrons. The normalized spacial score (nSPS) is 13.5. The molecule has 5 rings (SSSR count). The second kappa shape index (κ2) is 10.8. The van der Waals surface area contributed by atoms with Crippen LogP contribution in [0.5, 0.6) is 17.2 Å². The SMILES string of the molecule is COc1cc(C(=O)N2CCN(c3nc4c(c(=O)n(C)c(=O)n4C)n3Cc3ccccc3)CC2)cc(OC)c1OC. The highest BCUT2D eigenvalue weighted by molar-refractivity contribution is 5.96. The summed E-state index contributed by atoms with van der Waals surface area (Å²) in [5, 5.41) is 0. The molecule has 210 valence electrons. The van der Waals surface area contributed by atoms with Crippen molar-refractivity contribution in [3.05, 3.63) is 74.4 Å². The van der Waals surface area contributed by atoms with Gasteiger partial charge in [0.25, 0.3) is 11.5 Å². The predicted octanol–water partition coefficient (Wildman–Crippen LogP) is 1.47. The zero-order chi connectivity index (χ0) is 28.6. The van der Waals surface area contributed by atoms with Gasteiger partial charge < -0.3 is 24.0 Å². The van der Waals surface area contributed by atoms with Crippen LogP contribution >= 0.6 is 0 Å². The second-order valence-electron chi connectivity index (χ2n) is 9.55. The Bertz CT molecular complexity index is 1660. The molecule has 40 heavy (non-hydrogen) atoms. The van der Waals surface area contributed by atoms with Crippen LogP contribution in [0.2, 0.25) is 0 Å². The van der Waals surface area contributed by atoms with Crippen LogP contribution in [0.15, 0.2) is 52.1 Å². The number of amides is 1. The fourth-order valence-corrected chi connectivity index (χ4v) is 5.09. The highest BCUT2D eigenvalue weighted by Crippen LogP contribution is 2.38. The molecule has 1 saturated heterocycles. The van der Waals surface area contributed by atoms with Gasteiger partial charge in [0.05, 0.1) is 27.9 Å². The number of methoxy groups -OCH3 is 3. The van der Waals surface area contributed by atoms with Crippen molar-refractivity contribution in [1.82, 2.24) is 23.6 Å². The Morgan fingerprint density at radius 2 is 1.50 bits per heavy atom. The number of aryl methyl sites for hydroxylation is 1. The molecule has 0 N–H and O–H groups in total. The summed E-state index contributed by atoms with van der Waals surface area (Å²) < 4.78 is 20.6. The molecule has 2 aromatic carbocycles. The van der Waals surface area contributed by atoms with E-state index < -0.39 is 11.2 Å². The number of carbonyl (C=O) groups excluding carboxylic acids is 1. The van der Waals surface area contributed by atoms with Crippen LogP contribution < -0.4 is 30.4 Å². The van der Waals surface area contributed by atoms with Gasteiger partial charge in [-0.3, -0.25) is 23.3 Å². The molecule has 1 amide bonds. The molecule has 4 aromatic rings. The van der Waals surface area contributed by atoms with Crippen LogP contribution in [-0.2, 0) is 20.6 Å². The summed E-state index contributed by atoms with van der Waals surface area (Å²) in [6, 6.07) is 13.1. The molecule has 12 heteroatoms. The number of rotatable bonds is 7. The smallest absolute Gasteiger partial charge is 0.332 e. The largest absolute Gasteiger partial charge is 0.493 e. The standard InChI is InChI=1S/C28H32N6O6/c1-30-24-22(26(36)31(2)28(30)37)34(17-18-9-7-6-8-10-18)27(29-24)33-13-11-32(12-14-33)25(35)19-15-20(38-3)23(40-5)21(16-19)39-4/h6-10,15-16H,11-14,17H2,1-5H3. The Balaban J connectivity index is 1.47. The highest BCUT2D eigenvalue weighted by Gasteiger charge is 2.29. The Hall–Kier alpha value is -4.74. The van der Waals surface area contributed by atoms with Crippen molar-refractivity contribution in [2.75, 3.05) is 52.4 Å². The van der Waals surface area contributed by atoms with Crippen LogP contribution in [-0.4, -0.2) is 77.0 Å². The third-order valence-corrected chi connectivity index (χ3v) is 7.27. The fourth-order valence-electron chi connectivity index (χ4n) is 5.09. The molecule has 0 bridgehead atoms. The summed E-state index contributed by atoms with van der Waals surface area (Å²) in [5.41, 5.74) is 1.28. The Morgan fingerprint density at radius 1 is 0.875 bits per heavy atom. The first kappa shape index (κ1) is 26.9. The van der Waals surface area contributed by atoms with Gasteiger partial charge in [0.2, 0.25) is 11.7 Å². The number of nitrogens with zero attached hydrogens (tertiary/aromatic N) is 6. The van der Waals surface area contributed by atoms with E-state index in [1.807, 2.05) is 39.8 Å². The molecule has 1 fully saturated rings. The number of piperazine rings is 1. The lowest BCUT2D eigenvalue weighted by molar-refractivity contribution is 0.0745. The molecular weight excluding hydrogens is 516 g/mol. The van der Waals surface area contributed by atoms with Gasteiger partial charge in [0.1, 0.15) is 0 Å². The quantitative estimate of drug-likeness (QED) is 0.341. The predicted molar refractivity (Wildman–Crippen MR) is 150 cm³/mol. The summed E-state index contributed by atoms with van der Waals surface area (Å²) in [6.07, 6.45) is 0. The summed E-state index contributed by atoms with van der Waals surface area (Å²) in [7, 11) is 7.61. The van der Waals surface area contributed by atoms with Crippen molar-refractivity contribution in [3.8, 4) is 17.2 Å². The first-order chi connectivity index (χ1) is 19.3. The Labute approximate surface area is 230 Å². The van der Waals surface area contributed by atoms with E-state index in [4.69, 9.17) is 19.2 Å². The maximum atomic E-state index is 13.4. The topological polar surface area (TPSA) is 113 Å². The fraction of sp³-hybridized carbons (Fsp3) is 0.357. The highest BCUT2D eigenvalue weighted by atomic mass is 16.5. The van der Waals surface area contributed by atoms with E-state index >= 15 is 0 Å². The number of hydrogen-bond acceptors (Lipinski definition) is 8. The number of fused-ring (bicyclic) bond motifs is 1. The number of benzene rings is 2.